The zero-order valence-electron chi connectivity index (χ0n) is 30.5. The summed E-state index contributed by atoms with van der Waals surface area (Å²) in [4.78, 5) is 24.0. The molecule has 1 aromatic carbocycles. The Morgan fingerprint density at radius 2 is 1.79 bits per heavy atom. The van der Waals surface area contributed by atoms with E-state index < -0.39 is 5.41 Å². The quantitative estimate of drug-likeness (QED) is 0.141. The molecule has 48 heavy (non-hydrogen) atoms. The van der Waals surface area contributed by atoms with Crippen molar-refractivity contribution < 1.29 is 18.7 Å². The Kier molecular flexibility index (Phi) is 9.58. The molecular weight excluding hydrogens is 620 g/mol. The monoisotopic (exact) mass is 676 g/mol. The van der Waals surface area contributed by atoms with Crippen molar-refractivity contribution in [1.29, 1.82) is 0 Å². The van der Waals surface area contributed by atoms with Gasteiger partial charge in [0.1, 0.15) is 6.29 Å². The van der Waals surface area contributed by atoms with Crippen LogP contribution in [0.2, 0.25) is 5.02 Å². The molecular formula is C41H57ClN2O4. The molecule has 4 aliphatic carbocycles. The molecule has 0 bridgehead atoms. The predicted octanol–water partition coefficient (Wildman–Crippen LogP) is 10.6. The first-order chi connectivity index (χ1) is 22.6. The summed E-state index contributed by atoms with van der Waals surface area (Å²) in [6, 6.07) is 7.68. The van der Waals surface area contributed by atoms with Gasteiger partial charge in [0.25, 0.3) is 0 Å². The van der Waals surface area contributed by atoms with Crippen molar-refractivity contribution in [3.63, 3.8) is 0 Å². The highest BCUT2D eigenvalue weighted by Gasteiger charge is 2.63. The molecule has 0 radical (unpaired) electrons. The average Bonchev–Trinajstić information content (AvgIpc) is 3.69. The van der Waals surface area contributed by atoms with Crippen molar-refractivity contribution >= 4 is 23.9 Å². The topological polar surface area (TPSA) is 82.3 Å². The standard InChI is InChI=1S/C41H57ClN2O4/c1-25(2)30-17-21-41(37-44-43-36(48-37)28-9-11-29(42)12-10-28)22-18-32-31(35(30)41)13-14-33-39(7,26(3)15-19-40(32,33)8)20-16-27(4)47-34(46)23-38(5,6)24-45/h9-12,24-27,31-33H,13-23H2,1-8H3. The zero-order chi connectivity index (χ0) is 34.6. The summed E-state index contributed by atoms with van der Waals surface area (Å²) >= 11 is 6.17. The molecule has 3 fully saturated rings. The molecule has 0 aliphatic heterocycles. The molecule has 8 atom stereocenters. The second kappa shape index (κ2) is 13.0. The lowest BCUT2D eigenvalue weighted by molar-refractivity contribution is -0.155. The number of benzene rings is 1. The Labute approximate surface area is 293 Å². The normalized spacial score (nSPS) is 34.0. The van der Waals surface area contributed by atoms with E-state index in [1.807, 2.05) is 31.2 Å². The second-order valence-electron chi connectivity index (χ2n) is 17.6. The first-order valence-corrected chi connectivity index (χ1v) is 19.0. The molecule has 4 aliphatic rings. The Hall–Kier alpha value is -2.47. The van der Waals surface area contributed by atoms with Crippen molar-refractivity contribution in [3.05, 3.63) is 46.3 Å². The van der Waals surface area contributed by atoms with Crippen molar-refractivity contribution in [2.45, 2.75) is 138 Å². The number of ether oxygens (including phenoxy) is 1. The number of aromatic nitrogens is 2. The molecule has 0 spiro atoms. The van der Waals surface area contributed by atoms with Crippen molar-refractivity contribution in [1.82, 2.24) is 10.2 Å². The first kappa shape index (κ1) is 35.4. The van der Waals surface area contributed by atoms with Crippen LogP contribution < -0.4 is 0 Å². The summed E-state index contributed by atoms with van der Waals surface area (Å²) in [5.41, 5.74) is 3.78. The van der Waals surface area contributed by atoms with Crippen LogP contribution in [-0.2, 0) is 19.7 Å². The fourth-order valence-electron chi connectivity index (χ4n) is 11.0. The Morgan fingerprint density at radius 3 is 2.48 bits per heavy atom. The minimum Gasteiger partial charge on any atom is -0.463 e. The average molecular weight is 677 g/mol. The van der Waals surface area contributed by atoms with Gasteiger partial charge in [0, 0.05) is 16.0 Å². The highest BCUT2D eigenvalue weighted by atomic mass is 35.5. The molecule has 0 saturated heterocycles. The van der Waals surface area contributed by atoms with E-state index in [0.29, 0.717) is 40.5 Å². The highest BCUT2D eigenvalue weighted by Crippen LogP contribution is 2.70. The summed E-state index contributed by atoms with van der Waals surface area (Å²) in [6.07, 6.45) is 12.1. The van der Waals surface area contributed by atoms with Crippen LogP contribution in [0, 0.1) is 45.8 Å². The van der Waals surface area contributed by atoms with E-state index in [0.717, 1.165) is 49.8 Å². The second-order valence-corrected chi connectivity index (χ2v) is 18.0. The number of rotatable bonds is 10. The van der Waals surface area contributed by atoms with Gasteiger partial charge in [-0.25, -0.2) is 0 Å². The number of carbonyl (C=O) groups excluding carboxylic acids is 2. The van der Waals surface area contributed by atoms with Crippen LogP contribution in [0.25, 0.3) is 11.5 Å². The lowest BCUT2D eigenvalue weighted by atomic mass is 9.40. The first-order valence-electron chi connectivity index (χ1n) is 18.6. The molecule has 6 rings (SSSR count). The molecule has 1 aromatic heterocycles. The fourth-order valence-corrected chi connectivity index (χ4v) is 11.1. The molecule has 0 N–H and O–H groups in total. The lowest BCUT2D eigenvalue weighted by Gasteiger charge is -2.64. The van der Waals surface area contributed by atoms with E-state index in [1.54, 1.807) is 25.0 Å². The molecule has 3 saturated carbocycles. The van der Waals surface area contributed by atoms with Gasteiger partial charge in [0.2, 0.25) is 11.8 Å². The van der Waals surface area contributed by atoms with E-state index in [2.05, 4.69) is 39.7 Å². The van der Waals surface area contributed by atoms with Crippen LogP contribution in [0.3, 0.4) is 0 Å². The Bertz CT molecular complexity index is 1540. The van der Waals surface area contributed by atoms with E-state index >= 15 is 0 Å². The van der Waals surface area contributed by atoms with Crippen molar-refractivity contribution in [2.75, 3.05) is 0 Å². The lowest BCUT2D eigenvalue weighted by Crippen LogP contribution is -2.57. The van der Waals surface area contributed by atoms with Crippen LogP contribution in [0.4, 0.5) is 0 Å². The fraction of sp³-hybridized carbons (Fsp3) is 0.707. The third-order valence-corrected chi connectivity index (χ3v) is 14.1. The maximum absolute atomic E-state index is 12.6. The van der Waals surface area contributed by atoms with E-state index in [1.165, 1.54) is 32.1 Å². The van der Waals surface area contributed by atoms with Gasteiger partial charge in [0.05, 0.1) is 17.9 Å². The van der Waals surface area contributed by atoms with Crippen LogP contribution >= 0.6 is 11.6 Å². The molecule has 262 valence electrons. The molecule has 7 heteroatoms. The van der Waals surface area contributed by atoms with Crippen LogP contribution in [0.15, 0.2) is 39.8 Å². The third kappa shape index (κ3) is 6.11. The number of hydrogen-bond acceptors (Lipinski definition) is 6. The van der Waals surface area contributed by atoms with Crippen molar-refractivity contribution in [3.8, 4) is 11.5 Å². The summed E-state index contributed by atoms with van der Waals surface area (Å²) in [6.45, 7) is 18.0. The maximum Gasteiger partial charge on any atom is 0.307 e. The number of nitrogens with zero attached hydrogens (tertiary/aromatic N) is 2. The molecule has 2 aromatic rings. The third-order valence-electron chi connectivity index (χ3n) is 13.8. The van der Waals surface area contributed by atoms with Gasteiger partial charge in [-0.1, -0.05) is 71.2 Å². The van der Waals surface area contributed by atoms with Crippen molar-refractivity contribution in [2.24, 2.45) is 45.8 Å². The van der Waals surface area contributed by atoms with Crippen LogP contribution in [0.5, 0.6) is 0 Å². The van der Waals surface area contributed by atoms with Crippen LogP contribution in [0.1, 0.15) is 132 Å². The largest absolute Gasteiger partial charge is 0.463 e. The Balaban J connectivity index is 1.25. The summed E-state index contributed by atoms with van der Waals surface area (Å²) in [7, 11) is 0. The molecule has 1 heterocycles. The van der Waals surface area contributed by atoms with Gasteiger partial charge in [0.15, 0.2) is 0 Å². The van der Waals surface area contributed by atoms with Gasteiger partial charge in [-0.05, 0) is 136 Å². The van der Waals surface area contributed by atoms with E-state index in [9.17, 15) is 9.59 Å². The van der Waals surface area contributed by atoms with Crippen LogP contribution in [-0.4, -0.2) is 28.6 Å². The maximum atomic E-state index is 12.6. The van der Waals surface area contributed by atoms with Gasteiger partial charge >= 0.3 is 5.97 Å². The molecule has 6 nitrogen and oxygen atoms in total. The summed E-state index contributed by atoms with van der Waals surface area (Å²) in [5.74, 6) is 4.05. The van der Waals surface area contributed by atoms with Gasteiger partial charge < -0.3 is 13.9 Å². The van der Waals surface area contributed by atoms with Gasteiger partial charge in [-0.15, -0.1) is 10.2 Å². The number of esters is 1. The number of hydrogen-bond donors (Lipinski definition) is 0. The number of fused-ring (bicyclic) bond motifs is 5. The van der Waals surface area contributed by atoms with Gasteiger partial charge in [-0.3, -0.25) is 4.79 Å². The number of carbonyl (C=O) groups is 2. The van der Waals surface area contributed by atoms with Gasteiger partial charge in [-0.2, -0.15) is 0 Å². The smallest absolute Gasteiger partial charge is 0.307 e. The summed E-state index contributed by atoms with van der Waals surface area (Å²) in [5, 5.41) is 10.1. The number of aldehydes is 1. The minimum atomic E-state index is -0.689. The van der Waals surface area contributed by atoms with E-state index in [-0.39, 0.29) is 34.7 Å². The predicted molar refractivity (Wildman–Crippen MR) is 190 cm³/mol. The minimum absolute atomic E-state index is 0.125. The molecule has 0 amide bonds. The van der Waals surface area contributed by atoms with E-state index in [4.69, 9.17) is 25.9 Å². The zero-order valence-corrected chi connectivity index (χ0v) is 31.3. The molecule has 8 unspecified atom stereocenters. The Morgan fingerprint density at radius 1 is 1.06 bits per heavy atom. The SMILES string of the molecule is CC(CCC1(C)C(C)CCC2(C)C3CCC4(c5nnc(-c6ccc(Cl)cc6)o5)CCC(C(C)C)=C4C3CCC12)OC(=O)CC(C)(C)C=O. The number of halogens is 1. The summed E-state index contributed by atoms with van der Waals surface area (Å²) < 4.78 is 12.4. The number of allylic oxidation sites excluding steroid dienone is 2. The highest BCUT2D eigenvalue weighted by molar-refractivity contribution is 6.30.